The van der Waals surface area contributed by atoms with Gasteiger partial charge < -0.3 is 10.6 Å². The highest BCUT2D eigenvalue weighted by Gasteiger charge is 2.31. The van der Waals surface area contributed by atoms with E-state index in [1.807, 2.05) is 13.0 Å². The molecule has 0 aliphatic carbocycles. The maximum atomic E-state index is 13.2. The van der Waals surface area contributed by atoms with E-state index in [0.29, 0.717) is 23.2 Å². The molecular formula is C23H29N3O4S. The van der Waals surface area contributed by atoms with Crippen LogP contribution in [0.25, 0.3) is 0 Å². The summed E-state index contributed by atoms with van der Waals surface area (Å²) >= 11 is 0. The van der Waals surface area contributed by atoms with Crippen LogP contribution < -0.4 is 5.73 Å². The predicted octanol–water partition coefficient (Wildman–Crippen LogP) is 2.93. The quantitative estimate of drug-likeness (QED) is 0.742. The Morgan fingerprint density at radius 1 is 1.16 bits per heavy atom. The number of hydrogen-bond acceptors (Lipinski definition) is 4. The summed E-state index contributed by atoms with van der Waals surface area (Å²) in [7, 11) is -2.03. The second kappa shape index (κ2) is 9.20. The Balaban J connectivity index is 1.86. The molecule has 0 bridgehead atoms. The van der Waals surface area contributed by atoms with Gasteiger partial charge in [0, 0.05) is 37.3 Å². The number of amides is 2. The summed E-state index contributed by atoms with van der Waals surface area (Å²) in [5.74, 6) is -0.817. The van der Waals surface area contributed by atoms with Crippen LogP contribution in [0.4, 0.5) is 0 Å². The number of piperidine rings is 1. The van der Waals surface area contributed by atoms with Crippen LogP contribution in [0, 0.1) is 6.92 Å². The minimum absolute atomic E-state index is 0.0561. The van der Waals surface area contributed by atoms with Crippen molar-refractivity contribution in [3.63, 3.8) is 0 Å². The van der Waals surface area contributed by atoms with Gasteiger partial charge in [0.2, 0.25) is 15.9 Å². The molecule has 1 saturated heterocycles. The van der Waals surface area contributed by atoms with Crippen LogP contribution >= 0.6 is 0 Å². The number of hydrogen-bond donors (Lipinski definition) is 1. The lowest BCUT2D eigenvalue weighted by atomic mass is 10.1. The van der Waals surface area contributed by atoms with Crippen molar-refractivity contribution in [3.8, 4) is 0 Å². The van der Waals surface area contributed by atoms with E-state index < -0.39 is 15.9 Å². The summed E-state index contributed by atoms with van der Waals surface area (Å²) in [6, 6.07) is 11.5. The largest absolute Gasteiger partial charge is 0.366 e. The van der Waals surface area contributed by atoms with Gasteiger partial charge in [-0.1, -0.05) is 24.6 Å². The third kappa shape index (κ3) is 4.97. The van der Waals surface area contributed by atoms with Gasteiger partial charge in [0.15, 0.2) is 0 Å². The number of aryl methyl sites for hydroxylation is 1. The van der Waals surface area contributed by atoms with E-state index in [-0.39, 0.29) is 23.4 Å². The van der Waals surface area contributed by atoms with Gasteiger partial charge in [-0.15, -0.1) is 0 Å². The van der Waals surface area contributed by atoms with E-state index in [4.69, 9.17) is 5.73 Å². The SMILES string of the molecule is Cc1ccc(S(=O)(=O)N2CCCCC2C)cc1C(=O)N(C)Cc1cccc(C(N)=O)c1. The molecule has 31 heavy (non-hydrogen) atoms. The third-order valence-electron chi connectivity index (χ3n) is 5.77. The van der Waals surface area contributed by atoms with Gasteiger partial charge in [-0.05, 0) is 62.1 Å². The van der Waals surface area contributed by atoms with E-state index in [1.165, 1.54) is 15.3 Å². The maximum Gasteiger partial charge on any atom is 0.254 e. The second-order valence-corrected chi connectivity index (χ2v) is 10.1. The lowest BCUT2D eigenvalue weighted by molar-refractivity contribution is 0.0784. The number of carbonyl (C=O) groups excluding carboxylic acids is 2. The molecule has 1 heterocycles. The summed E-state index contributed by atoms with van der Waals surface area (Å²) in [5.41, 5.74) is 7.51. The Morgan fingerprint density at radius 3 is 2.58 bits per heavy atom. The van der Waals surface area contributed by atoms with E-state index >= 15 is 0 Å². The van der Waals surface area contributed by atoms with Crippen LogP contribution in [-0.4, -0.2) is 49.1 Å². The van der Waals surface area contributed by atoms with Gasteiger partial charge in [-0.25, -0.2) is 8.42 Å². The van der Waals surface area contributed by atoms with Crippen LogP contribution in [0.2, 0.25) is 0 Å². The van der Waals surface area contributed by atoms with Crippen molar-refractivity contribution in [3.05, 3.63) is 64.7 Å². The fraction of sp³-hybridized carbons (Fsp3) is 0.391. The van der Waals surface area contributed by atoms with Gasteiger partial charge in [0.05, 0.1) is 4.90 Å². The van der Waals surface area contributed by atoms with E-state index in [0.717, 1.165) is 24.8 Å². The molecule has 7 nitrogen and oxygen atoms in total. The summed E-state index contributed by atoms with van der Waals surface area (Å²) in [6.45, 7) is 4.47. The topological polar surface area (TPSA) is 101 Å². The monoisotopic (exact) mass is 443 g/mol. The molecule has 1 atom stereocenters. The molecule has 166 valence electrons. The molecule has 2 aromatic rings. The Bertz CT molecular complexity index is 1100. The van der Waals surface area contributed by atoms with Gasteiger partial charge in [-0.2, -0.15) is 4.31 Å². The van der Waals surface area contributed by atoms with Crippen LogP contribution in [0.1, 0.15) is 58.0 Å². The molecule has 1 unspecified atom stereocenters. The first-order chi connectivity index (χ1) is 14.6. The smallest absolute Gasteiger partial charge is 0.254 e. The Kier molecular flexibility index (Phi) is 6.81. The highest BCUT2D eigenvalue weighted by Crippen LogP contribution is 2.27. The molecule has 1 aliphatic rings. The van der Waals surface area contributed by atoms with Crippen molar-refractivity contribution in [2.45, 2.75) is 50.6 Å². The van der Waals surface area contributed by atoms with Crippen molar-refractivity contribution < 1.29 is 18.0 Å². The van der Waals surface area contributed by atoms with Gasteiger partial charge in [0.25, 0.3) is 5.91 Å². The number of rotatable bonds is 6. The molecule has 8 heteroatoms. The fourth-order valence-corrected chi connectivity index (χ4v) is 5.66. The molecule has 2 aromatic carbocycles. The Labute approximate surface area is 183 Å². The van der Waals surface area contributed by atoms with E-state index in [1.54, 1.807) is 44.3 Å². The first kappa shape index (κ1) is 23.0. The predicted molar refractivity (Wildman–Crippen MR) is 119 cm³/mol. The van der Waals surface area contributed by atoms with Crippen LogP contribution in [0.15, 0.2) is 47.4 Å². The zero-order valence-electron chi connectivity index (χ0n) is 18.2. The maximum absolute atomic E-state index is 13.2. The first-order valence-electron chi connectivity index (χ1n) is 10.4. The molecule has 0 aromatic heterocycles. The second-order valence-electron chi connectivity index (χ2n) is 8.16. The Hall–Kier alpha value is -2.71. The summed E-state index contributed by atoms with van der Waals surface area (Å²) in [4.78, 5) is 26.2. The van der Waals surface area contributed by atoms with Gasteiger partial charge in [0.1, 0.15) is 0 Å². The highest BCUT2D eigenvalue weighted by molar-refractivity contribution is 7.89. The third-order valence-corrected chi connectivity index (χ3v) is 7.78. The molecule has 1 fully saturated rings. The lowest BCUT2D eigenvalue weighted by Crippen LogP contribution is -2.42. The van der Waals surface area contributed by atoms with Crippen molar-refractivity contribution in [2.24, 2.45) is 5.73 Å². The van der Waals surface area contributed by atoms with Crippen molar-refractivity contribution in [1.29, 1.82) is 0 Å². The zero-order chi connectivity index (χ0) is 22.8. The lowest BCUT2D eigenvalue weighted by Gasteiger charge is -2.32. The molecule has 2 amide bonds. The summed E-state index contributed by atoms with van der Waals surface area (Å²) in [5, 5.41) is 0. The van der Waals surface area contributed by atoms with Crippen molar-refractivity contribution >= 4 is 21.8 Å². The fourth-order valence-electron chi connectivity index (χ4n) is 3.93. The molecule has 1 aliphatic heterocycles. The number of nitrogens with two attached hydrogens (primary N) is 1. The molecule has 3 rings (SSSR count). The van der Waals surface area contributed by atoms with Crippen LogP contribution in [0.5, 0.6) is 0 Å². The summed E-state index contributed by atoms with van der Waals surface area (Å²) in [6.07, 6.45) is 2.70. The normalized spacial score (nSPS) is 17.3. The number of carbonyl (C=O) groups is 2. The minimum atomic E-state index is -3.67. The van der Waals surface area contributed by atoms with E-state index in [9.17, 15) is 18.0 Å². The zero-order valence-corrected chi connectivity index (χ0v) is 19.0. The average Bonchev–Trinajstić information content (AvgIpc) is 2.73. The minimum Gasteiger partial charge on any atom is -0.366 e. The highest BCUT2D eigenvalue weighted by atomic mass is 32.2. The number of benzene rings is 2. The van der Waals surface area contributed by atoms with E-state index in [2.05, 4.69) is 0 Å². The first-order valence-corrected chi connectivity index (χ1v) is 11.8. The van der Waals surface area contributed by atoms with Crippen molar-refractivity contribution in [2.75, 3.05) is 13.6 Å². The molecule has 0 radical (unpaired) electrons. The van der Waals surface area contributed by atoms with Crippen LogP contribution in [0.3, 0.4) is 0 Å². The summed E-state index contributed by atoms with van der Waals surface area (Å²) < 4.78 is 27.9. The van der Waals surface area contributed by atoms with Gasteiger partial charge in [-0.3, -0.25) is 9.59 Å². The molecule has 0 spiro atoms. The molecule has 2 N–H and O–H groups in total. The Morgan fingerprint density at radius 2 is 1.90 bits per heavy atom. The standard InChI is InChI=1S/C23H29N3O4S/c1-16-10-11-20(31(29,30)26-12-5-4-7-17(26)2)14-21(16)23(28)25(3)15-18-8-6-9-19(13-18)22(24)27/h6,8-11,13-14,17H,4-5,7,12,15H2,1-3H3,(H2,24,27). The van der Waals surface area contributed by atoms with Crippen LogP contribution in [-0.2, 0) is 16.6 Å². The average molecular weight is 444 g/mol. The molecular weight excluding hydrogens is 414 g/mol. The van der Waals surface area contributed by atoms with Crippen molar-refractivity contribution in [1.82, 2.24) is 9.21 Å². The number of sulfonamides is 1. The molecule has 0 saturated carbocycles. The number of primary amides is 1. The van der Waals surface area contributed by atoms with Gasteiger partial charge >= 0.3 is 0 Å². The number of nitrogens with zero attached hydrogens (tertiary/aromatic N) is 2.